The van der Waals surface area contributed by atoms with E-state index in [1.54, 1.807) is 18.2 Å². The number of nitro benzene ring substituents is 1. The summed E-state index contributed by atoms with van der Waals surface area (Å²) in [5.41, 5.74) is 0.347. The fourth-order valence-electron chi connectivity index (χ4n) is 1.86. The summed E-state index contributed by atoms with van der Waals surface area (Å²) in [4.78, 5) is 10.0. The molecule has 1 fully saturated rings. The predicted octanol–water partition coefficient (Wildman–Crippen LogP) is 2.30. The van der Waals surface area contributed by atoms with Gasteiger partial charge in [-0.15, -0.1) is 0 Å². The van der Waals surface area contributed by atoms with E-state index in [0.29, 0.717) is 5.58 Å². The van der Waals surface area contributed by atoms with Gasteiger partial charge in [-0.3, -0.25) is 16.0 Å². The Kier molecular flexibility index (Phi) is 3.91. The molecule has 1 aliphatic rings. The van der Waals surface area contributed by atoms with Crippen molar-refractivity contribution >= 4 is 16.7 Å². The van der Waals surface area contributed by atoms with E-state index >= 15 is 0 Å². The zero-order valence-electron chi connectivity index (χ0n) is 9.91. The summed E-state index contributed by atoms with van der Waals surface area (Å²) < 4.78 is 4.97. The number of hydrogen-bond donors (Lipinski definition) is 1. The molecule has 0 spiro atoms. The number of nitro groups is 1. The Labute approximate surface area is 104 Å². The molecule has 18 heavy (non-hydrogen) atoms. The maximum atomic E-state index is 10.5. The number of nitrogens with zero attached hydrogens (tertiary/aromatic N) is 2. The lowest BCUT2D eigenvalue weighted by Gasteiger charge is -2.01. The molecule has 6 heteroatoms. The third kappa shape index (κ3) is 2.85. The summed E-state index contributed by atoms with van der Waals surface area (Å²) in [7, 11) is 0. The third-order valence-electron chi connectivity index (χ3n) is 2.80. The Morgan fingerprint density at radius 1 is 1.28 bits per heavy atom. The molecule has 0 bridgehead atoms. The van der Waals surface area contributed by atoms with Gasteiger partial charge in [-0.05, 0) is 18.9 Å². The average molecular weight is 249 g/mol. The highest BCUT2D eigenvalue weighted by Crippen LogP contribution is 2.25. The van der Waals surface area contributed by atoms with E-state index < -0.39 is 4.92 Å². The first-order valence-corrected chi connectivity index (χ1v) is 5.79. The van der Waals surface area contributed by atoms with Crippen molar-refractivity contribution in [2.75, 3.05) is 13.1 Å². The Morgan fingerprint density at radius 3 is 2.56 bits per heavy atom. The molecule has 2 N–H and O–H groups in total. The van der Waals surface area contributed by atoms with Crippen molar-refractivity contribution in [3.05, 3.63) is 40.6 Å². The Bertz CT molecular complexity index is 532. The minimum absolute atomic E-state index is 0.0116. The molecule has 0 unspecified atom stereocenters. The molecule has 1 aliphatic heterocycles. The average Bonchev–Trinajstić information content (AvgIpc) is 2.99. The molecule has 0 atom stereocenters. The number of benzene rings is 1. The fourth-order valence-corrected chi connectivity index (χ4v) is 1.86. The number of hydrazine groups is 1. The topological polar surface area (TPSA) is 85.5 Å². The van der Waals surface area contributed by atoms with Crippen LogP contribution in [-0.4, -0.2) is 23.0 Å². The van der Waals surface area contributed by atoms with Gasteiger partial charge in [-0.1, -0.05) is 12.1 Å². The molecule has 0 saturated carbocycles. The second kappa shape index (κ2) is 5.61. The zero-order chi connectivity index (χ0) is 13.0. The molecule has 2 aromatic rings. The lowest BCUT2D eigenvalue weighted by molar-refractivity contribution is -0.383. The van der Waals surface area contributed by atoms with Crippen molar-refractivity contribution in [3.63, 3.8) is 0 Å². The largest absolute Gasteiger partial charge is 0.457 e. The van der Waals surface area contributed by atoms with Crippen LogP contribution in [0.3, 0.4) is 0 Å². The summed E-state index contributed by atoms with van der Waals surface area (Å²) in [6.45, 7) is 2.19. The highest BCUT2D eigenvalue weighted by molar-refractivity contribution is 5.85. The van der Waals surface area contributed by atoms with Crippen molar-refractivity contribution in [2.45, 2.75) is 12.8 Å². The van der Waals surface area contributed by atoms with Crippen LogP contribution in [0.1, 0.15) is 12.8 Å². The van der Waals surface area contributed by atoms with E-state index in [1.165, 1.54) is 25.2 Å². The first-order valence-electron chi connectivity index (χ1n) is 5.79. The summed E-state index contributed by atoms with van der Waals surface area (Å²) in [5.74, 6) is 5.37. The van der Waals surface area contributed by atoms with Crippen molar-refractivity contribution in [1.29, 1.82) is 0 Å². The highest BCUT2D eigenvalue weighted by Gasteiger charge is 2.12. The quantitative estimate of drug-likeness (QED) is 0.476. The number of para-hydroxylation sites is 1. The summed E-state index contributed by atoms with van der Waals surface area (Å²) >= 11 is 0. The first-order chi connectivity index (χ1) is 8.68. The molecule has 0 amide bonds. The minimum Gasteiger partial charge on any atom is -0.457 e. The Hall–Kier alpha value is -1.92. The van der Waals surface area contributed by atoms with Gasteiger partial charge in [-0.25, -0.2) is 5.01 Å². The van der Waals surface area contributed by atoms with Crippen molar-refractivity contribution in [2.24, 2.45) is 5.84 Å². The molecular weight excluding hydrogens is 234 g/mol. The van der Waals surface area contributed by atoms with Gasteiger partial charge in [0.1, 0.15) is 0 Å². The van der Waals surface area contributed by atoms with Gasteiger partial charge < -0.3 is 4.42 Å². The zero-order valence-corrected chi connectivity index (χ0v) is 9.91. The van der Waals surface area contributed by atoms with E-state index in [-0.39, 0.29) is 5.69 Å². The fraction of sp³-hybridized carbons (Fsp3) is 0.333. The predicted molar refractivity (Wildman–Crippen MR) is 67.9 cm³/mol. The number of nitrogens with two attached hydrogens (primary N) is 1. The number of non-ortho nitro benzene ring substituents is 1. The van der Waals surface area contributed by atoms with Gasteiger partial charge in [-0.2, -0.15) is 0 Å². The van der Waals surface area contributed by atoms with E-state index in [1.807, 2.05) is 5.01 Å². The second-order valence-corrected chi connectivity index (χ2v) is 4.12. The number of furan rings is 1. The third-order valence-corrected chi connectivity index (χ3v) is 2.80. The van der Waals surface area contributed by atoms with Gasteiger partial charge in [0, 0.05) is 24.5 Å². The molecule has 0 aliphatic carbocycles. The van der Waals surface area contributed by atoms with Crippen molar-refractivity contribution in [3.8, 4) is 0 Å². The van der Waals surface area contributed by atoms with E-state index in [0.717, 1.165) is 18.5 Å². The lowest BCUT2D eigenvalue weighted by Crippen LogP contribution is -2.26. The number of rotatable bonds is 1. The molecule has 6 nitrogen and oxygen atoms in total. The molecule has 1 saturated heterocycles. The number of hydrogen-bond acceptors (Lipinski definition) is 5. The van der Waals surface area contributed by atoms with Gasteiger partial charge in [0.15, 0.2) is 0 Å². The van der Waals surface area contributed by atoms with Crippen molar-refractivity contribution < 1.29 is 9.34 Å². The monoisotopic (exact) mass is 249 g/mol. The summed E-state index contributed by atoms with van der Waals surface area (Å²) in [6.07, 6.45) is 4.02. The van der Waals surface area contributed by atoms with Crippen LogP contribution in [0.5, 0.6) is 0 Å². The van der Waals surface area contributed by atoms with Crippen molar-refractivity contribution in [1.82, 2.24) is 5.01 Å². The standard InChI is InChI=1S/C8H5NO3.C4H10N2/c10-9(11)7-3-1-2-6-4-5-12-8(6)7;5-6-3-1-2-4-6/h1-5H;1-5H2. The van der Waals surface area contributed by atoms with Gasteiger partial charge in [0.2, 0.25) is 5.58 Å². The molecule has 0 radical (unpaired) electrons. The minimum atomic E-state index is -0.453. The Balaban J connectivity index is 0.000000169. The molecule has 96 valence electrons. The summed E-state index contributed by atoms with van der Waals surface area (Å²) in [5, 5.41) is 13.1. The van der Waals surface area contributed by atoms with Gasteiger partial charge in [0.05, 0.1) is 11.2 Å². The first kappa shape index (κ1) is 12.5. The van der Waals surface area contributed by atoms with Crippen LogP contribution in [-0.2, 0) is 0 Å². The molecular formula is C12H15N3O3. The molecule has 1 aromatic heterocycles. The highest BCUT2D eigenvalue weighted by atomic mass is 16.6. The van der Waals surface area contributed by atoms with E-state index in [9.17, 15) is 10.1 Å². The van der Waals surface area contributed by atoms with Gasteiger partial charge >= 0.3 is 5.69 Å². The van der Waals surface area contributed by atoms with Crippen LogP contribution in [0.4, 0.5) is 5.69 Å². The number of fused-ring (bicyclic) bond motifs is 1. The Morgan fingerprint density at radius 2 is 2.00 bits per heavy atom. The van der Waals surface area contributed by atoms with Crippen LogP contribution in [0.2, 0.25) is 0 Å². The molecule has 2 heterocycles. The lowest BCUT2D eigenvalue weighted by atomic mass is 10.2. The maximum Gasteiger partial charge on any atom is 0.312 e. The second-order valence-electron chi connectivity index (χ2n) is 4.12. The summed E-state index contributed by atoms with van der Waals surface area (Å²) in [6, 6.07) is 6.52. The van der Waals surface area contributed by atoms with E-state index in [4.69, 9.17) is 10.3 Å². The maximum absolute atomic E-state index is 10.5. The van der Waals surface area contributed by atoms with Gasteiger partial charge in [0.25, 0.3) is 0 Å². The van der Waals surface area contributed by atoms with Crippen LogP contribution in [0, 0.1) is 10.1 Å². The van der Waals surface area contributed by atoms with Crippen LogP contribution < -0.4 is 5.84 Å². The molecule has 1 aromatic carbocycles. The normalized spacial score (nSPS) is 15.4. The van der Waals surface area contributed by atoms with Crippen LogP contribution in [0.25, 0.3) is 11.0 Å². The smallest absolute Gasteiger partial charge is 0.312 e. The molecule has 3 rings (SSSR count). The SMILES string of the molecule is NN1CCCC1.O=[N+]([O-])c1cccc2ccoc12. The van der Waals surface area contributed by atoms with Crippen LogP contribution >= 0.6 is 0 Å². The van der Waals surface area contributed by atoms with Crippen LogP contribution in [0.15, 0.2) is 34.9 Å². The van der Waals surface area contributed by atoms with E-state index in [2.05, 4.69) is 0 Å².